The highest BCUT2D eigenvalue weighted by Gasteiger charge is 2.23. The van der Waals surface area contributed by atoms with E-state index in [1.807, 2.05) is 19.9 Å². The molecule has 1 fully saturated rings. The van der Waals surface area contributed by atoms with E-state index in [2.05, 4.69) is 46.3 Å². The van der Waals surface area contributed by atoms with Crippen LogP contribution in [0.1, 0.15) is 20.8 Å². The Balaban J connectivity index is 0.00000288. The summed E-state index contributed by atoms with van der Waals surface area (Å²) in [4.78, 5) is 16.8. The summed E-state index contributed by atoms with van der Waals surface area (Å²) < 4.78 is 0. The van der Waals surface area contributed by atoms with Gasteiger partial charge in [-0.3, -0.25) is 9.69 Å². The Labute approximate surface area is 152 Å². The number of hydrogen-bond donors (Lipinski definition) is 2. The highest BCUT2D eigenvalue weighted by molar-refractivity contribution is 5.85. The molecule has 0 spiro atoms. The van der Waals surface area contributed by atoms with Crippen molar-refractivity contribution in [2.45, 2.75) is 32.9 Å². The minimum absolute atomic E-state index is 0. The van der Waals surface area contributed by atoms with Gasteiger partial charge in [0.05, 0.1) is 6.04 Å². The van der Waals surface area contributed by atoms with Crippen molar-refractivity contribution >= 4 is 24.0 Å². The van der Waals surface area contributed by atoms with Gasteiger partial charge in [0, 0.05) is 44.5 Å². The lowest BCUT2D eigenvalue weighted by molar-refractivity contribution is -0.123. The smallest absolute Gasteiger partial charge is 0.237 e. The van der Waals surface area contributed by atoms with Crippen molar-refractivity contribution in [3.05, 3.63) is 30.3 Å². The summed E-state index contributed by atoms with van der Waals surface area (Å²) >= 11 is 0. The zero-order valence-corrected chi connectivity index (χ0v) is 15.8. The van der Waals surface area contributed by atoms with Crippen molar-refractivity contribution in [3.8, 4) is 0 Å². The van der Waals surface area contributed by atoms with Gasteiger partial charge in [0.25, 0.3) is 0 Å². The number of nitrogens with two attached hydrogens (primary N) is 1. The third-order valence-electron chi connectivity index (χ3n) is 4.65. The number of carbonyl (C=O) groups excluding carboxylic acids is 1. The minimum Gasteiger partial charge on any atom is -0.369 e. The van der Waals surface area contributed by atoms with E-state index < -0.39 is 6.04 Å². The fraction of sp³-hybridized carbons (Fsp3) is 0.611. The molecule has 24 heavy (non-hydrogen) atoms. The molecule has 0 saturated carbocycles. The van der Waals surface area contributed by atoms with Crippen LogP contribution in [0.25, 0.3) is 0 Å². The van der Waals surface area contributed by atoms with Crippen LogP contribution >= 0.6 is 12.4 Å². The van der Waals surface area contributed by atoms with Gasteiger partial charge >= 0.3 is 0 Å². The number of piperazine rings is 1. The highest BCUT2D eigenvalue weighted by atomic mass is 35.5. The van der Waals surface area contributed by atoms with Gasteiger partial charge in [0.2, 0.25) is 5.91 Å². The minimum atomic E-state index is -0.419. The number of carbonyl (C=O) groups is 1. The summed E-state index contributed by atoms with van der Waals surface area (Å²) in [5.74, 6) is 0.120. The molecule has 1 aliphatic rings. The van der Waals surface area contributed by atoms with Crippen LogP contribution in [0.5, 0.6) is 0 Å². The number of rotatable bonds is 6. The van der Waals surface area contributed by atoms with E-state index in [9.17, 15) is 4.79 Å². The Morgan fingerprint density at radius 1 is 1.12 bits per heavy atom. The zero-order chi connectivity index (χ0) is 16.8. The van der Waals surface area contributed by atoms with E-state index >= 15 is 0 Å². The summed E-state index contributed by atoms with van der Waals surface area (Å²) in [6, 6.07) is 10.4. The van der Waals surface area contributed by atoms with Crippen molar-refractivity contribution in [3.63, 3.8) is 0 Å². The maximum Gasteiger partial charge on any atom is 0.237 e. The van der Waals surface area contributed by atoms with Crippen LogP contribution in [0, 0.1) is 5.92 Å². The van der Waals surface area contributed by atoms with Crippen LogP contribution in [-0.4, -0.2) is 55.6 Å². The predicted molar refractivity (Wildman–Crippen MR) is 103 cm³/mol. The molecule has 136 valence electrons. The Morgan fingerprint density at radius 3 is 2.25 bits per heavy atom. The lowest BCUT2D eigenvalue weighted by atomic mass is 10.0. The van der Waals surface area contributed by atoms with Crippen molar-refractivity contribution in [1.29, 1.82) is 0 Å². The molecule has 3 N–H and O–H groups in total. The molecular formula is C18H31ClN4O. The molecule has 1 aromatic carbocycles. The van der Waals surface area contributed by atoms with Gasteiger partial charge in [0.15, 0.2) is 0 Å². The fourth-order valence-corrected chi connectivity index (χ4v) is 2.86. The average Bonchev–Trinajstić information content (AvgIpc) is 2.59. The van der Waals surface area contributed by atoms with Crippen molar-refractivity contribution in [2.24, 2.45) is 11.7 Å². The topological polar surface area (TPSA) is 61.6 Å². The molecule has 0 radical (unpaired) electrons. The van der Waals surface area contributed by atoms with Gasteiger partial charge in [-0.15, -0.1) is 12.4 Å². The number of nitrogens with one attached hydrogen (secondary N) is 1. The molecule has 0 aromatic heterocycles. The van der Waals surface area contributed by atoms with Gasteiger partial charge in [-0.25, -0.2) is 0 Å². The van der Waals surface area contributed by atoms with E-state index in [0.29, 0.717) is 12.6 Å². The average molecular weight is 355 g/mol. The molecule has 2 atom stereocenters. The number of hydrogen-bond acceptors (Lipinski definition) is 4. The van der Waals surface area contributed by atoms with Gasteiger partial charge in [-0.2, -0.15) is 0 Å². The highest BCUT2D eigenvalue weighted by Crippen LogP contribution is 2.16. The maximum absolute atomic E-state index is 11.9. The molecule has 1 aromatic rings. The monoisotopic (exact) mass is 354 g/mol. The van der Waals surface area contributed by atoms with Crippen molar-refractivity contribution in [2.75, 3.05) is 37.6 Å². The molecule has 0 bridgehead atoms. The Bertz CT molecular complexity index is 489. The molecule has 1 aliphatic heterocycles. The number of anilines is 1. The molecule has 1 saturated heterocycles. The second-order valence-corrected chi connectivity index (χ2v) is 6.72. The van der Waals surface area contributed by atoms with Gasteiger partial charge in [0.1, 0.15) is 0 Å². The molecule has 2 rings (SSSR count). The largest absolute Gasteiger partial charge is 0.369 e. The number of amides is 1. The summed E-state index contributed by atoms with van der Waals surface area (Å²) in [5, 5.41) is 2.98. The third kappa shape index (κ3) is 5.65. The van der Waals surface area contributed by atoms with Gasteiger partial charge in [-0.05, 0) is 25.0 Å². The number of para-hydroxylation sites is 1. The summed E-state index contributed by atoms with van der Waals surface area (Å²) in [5.41, 5.74) is 7.16. The lowest BCUT2D eigenvalue weighted by Gasteiger charge is -2.39. The Morgan fingerprint density at radius 2 is 1.71 bits per heavy atom. The molecule has 1 heterocycles. The van der Waals surface area contributed by atoms with Crippen LogP contribution in [0.4, 0.5) is 5.69 Å². The standard InChI is InChI=1S/C18H30N4O.ClH/c1-14(2)17(19)18(23)20-13-15(3)21-9-11-22(12-10-21)16-7-5-4-6-8-16;/h4-8,14-15,17H,9-13,19H2,1-3H3,(H,20,23);1H/t15?,17-;/m0./s1. The van der Waals surface area contributed by atoms with Crippen LogP contribution in [-0.2, 0) is 4.79 Å². The molecule has 1 unspecified atom stereocenters. The van der Waals surface area contributed by atoms with Gasteiger partial charge in [-0.1, -0.05) is 32.0 Å². The summed E-state index contributed by atoms with van der Waals surface area (Å²) in [7, 11) is 0. The van der Waals surface area contributed by atoms with E-state index in [4.69, 9.17) is 5.73 Å². The summed E-state index contributed by atoms with van der Waals surface area (Å²) in [6.45, 7) is 10.8. The second-order valence-electron chi connectivity index (χ2n) is 6.72. The van der Waals surface area contributed by atoms with Crippen molar-refractivity contribution < 1.29 is 4.79 Å². The zero-order valence-electron chi connectivity index (χ0n) is 14.9. The van der Waals surface area contributed by atoms with Crippen molar-refractivity contribution in [1.82, 2.24) is 10.2 Å². The molecular weight excluding hydrogens is 324 g/mol. The van der Waals surface area contributed by atoms with E-state index in [-0.39, 0.29) is 24.2 Å². The van der Waals surface area contributed by atoms with E-state index in [1.54, 1.807) is 0 Å². The fourth-order valence-electron chi connectivity index (χ4n) is 2.86. The Kier molecular flexibility index (Phi) is 8.53. The van der Waals surface area contributed by atoms with E-state index in [1.165, 1.54) is 5.69 Å². The first-order valence-corrected chi connectivity index (χ1v) is 8.56. The second kappa shape index (κ2) is 9.87. The molecule has 1 amide bonds. The SMILES string of the molecule is CC(C)[C@H](N)C(=O)NCC(C)N1CCN(c2ccccc2)CC1.Cl. The first kappa shape index (κ1) is 20.7. The molecule has 6 heteroatoms. The first-order valence-electron chi connectivity index (χ1n) is 8.56. The van der Waals surface area contributed by atoms with Crippen LogP contribution < -0.4 is 16.0 Å². The summed E-state index contributed by atoms with van der Waals surface area (Å²) in [6.07, 6.45) is 0. The number of benzene rings is 1. The van der Waals surface area contributed by atoms with E-state index in [0.717, 1.165) is 26.2 Å². The lowest BCUT2D eigenvalue weighted by Crippen LogP contribution is -2.54. The normalized spacial score (nSPS) is 18.0. The quantitative estimate of drug-likeness (QED) is 0.816. The van der Waals surface area contributed by atoms with Gasteiger partial charge < -0.3 is 16.0 Å². The van der Waals surface area contributed by atoms with Crippen LogP contribution in [0.2, 0.25) is 0 Å². The third-order valence-corrected chi connectivity index (χ3v) is 4.65. The number of halogens is 1. The maximum atomic E-state index is 11.9. The molecule has 5 nitrogen and oxygen atoms in total. The molecule has 0 aliphatic carbocycles. The number of nitrogens with zero attached hydrogens (tertiary/aromatic N) is 2. The van der Waals surface area contributed by atoms with Crippen LogP contribution in [0.3, 0.4) is 0 Å². The first-order chi connectivity index (χ1) is 11.0. The predicted octanol–water partition coefficient (Wildman–Crippen LogP) is 1.72. The van der Waals surface area contributed by atoms with Crippen LogP contribution in [0.15, 0.2) is 30.3 Å². The Hall–Kier alpha value is -1.30.